The first kappa shape index (κ1) is 20.0. The van der Waals surface area contributed by atoms with Crippen molar-refractivity contribution >= 4 is 32.4 Å². The highest BCUT2D eigenvalue weighted by molar-refractivity contribution is 7.89. The molecule has 0 saturated carbocycles. The van der Waals surface area contributed by atoms with Crippen molar-refractivity contribution in [1.82, 2.24) is 9.29 Å². The number of aromatic nitrogens is 1. The Kier molecular flexibility index (Phi) is 5.69. The summed E-state index contributed by atoms with van der Waals surface area (Å²) in [7, 11) is -3.62. The number of sulfonamides is 1. The highest BCUT2D eigenvalue weighted by Gasteiger charge is 2.32. The van der Waals surface area contributed by atoms with Crippen LogP contribution in [0.15, 0.2) is 29.2 Å². The topological polar surface area (TPSA) is 79.4 Å². The molecule has 1 aliphatic heterocycles. The number of piperidine rings is 1. The summed E-state index contributed by atoms with van der Waals surface area (Å²) in [5.74, 6) is 0.291. The van der Waals surface area contributed by atoms with Crippen molar-refractivity contribution in [2.24, 2.45) is 11.8 Å². The van der Waals surface area contributed by atoms with Crippen molar-refractivity contribution in [3.63, 3.8) is 0 Å². The number of anilines is 1. The van der Waals surface area contributed by atoms with Crippen molar-refractivity contribution in [2.75, 3.05) is 18.4 Å². The Morgan fingerprint density at radius 3 is 2.48 bits per heavy atom. The Morgan fingerprint density at radius 1 is 1.22 bits per heavy atom. The Labute approximate surface area is 164 Å². The van der Waals surface area contributed by atoms with Gasteiger partial charge in [0.15, 0.2) is 5.13 Å². The minimum Gasteiger partial charge on any atom is -0.298 e. The van der Waals surface area contributed by atoms with Gasteiger partial charge in [0.25, 0.3) is 5.91 Å². The van der Waals surface area contributed by atoms with E-state index in [1.165, 1.54) is 21.7 Å². The van der Waals surface area contributed by atoms with Crippen LogP contribution < -0.4 is 5.32 Å². The molecule has 0 radical (unpaired) electrons. The third-order valence-corrected chi connectivity index (χ3v) is 7.63. The summed E-state index contributed by atoms with van der Waals surface area (Å²) < 4.78 is 27.6. The lowest BCUT2D eigenvalue weighted by Gasteiger charge is -2.34. The molecule has 2 aromatic rings. The Hall–Kier alpha value is -1.77. The van der Waals surface area contributed by atoms with E-state index in [0.717, 1.165) is 17.0 Å². The van der Waals surface area contributed by atoms with E-state index in [9.17, 15) is 13.2 Å². The fraction of sp³-hybridized carbons (Fsp3) is 0.474. The molecule has 1 aromatic heterocycles. The van der Waals surface area contributed by atoms with Crippen molar-refractivity contribution in [2.45, 2.75) is 39.0 Å². The predicted octanol–water partition coefficient (Wildman–Crippen LogP) is 3.68. The third kappa shape index (κ3) is 4.39. The molecule has 2 unspecified atom stereocenters. The number of nitrogens with one attached hydrogen (secondary N) is 1. The van der Waals surface area contributed by atoms with Crippen molar-refractivity contribution in [1.29, 1.82) is 0 Å². The average Bonchev–Trinajstić information content (AvgIpc) is 2.91. The maximum Gasteiger partial charge on any atom is 0.257 e. The molecule has 1 fully saturated rings. The Morgan fingerprint density at radius 2 is 1.89 bits per heavy atom. The van der Waals surface area contributed by atoms with E-state index in [0.29, 0.717) is 35.6 Å². The maximum atomic E-state index is 13.0. The van der Waals surface area contributed by atoms with Crippen LogP contribution in [-0.2, 0) is 10.0 Å². The molecule has 3 rings (SSSR count). The van der Waals surface area contributed by atoms with Crippen LogP contribution in [0.3, 0.4) is 0 Å². The molecule has 1 N–H and O–H groups in total. The van der Waals surface area contributed by atoms with Gasteiger partial charge >= 0.3 is 0 Å². The molecule has 0 aliphatic carbocycles. The molecule has 2 atom stereocenters. The largest absolute Gasteiger partial charge is 0.298 e. The standard InChI is InChI=1S/C19H25N3O3S2/c1-12-8-13(2)11-22(10-12)27(24,25)17-7-5-6-16(9-17)18(23)21-19-20-14(3)15(4)26-19/h5-7,9,12-13H,8,10-11H2,1-4H3,(H,20,21,23). The van der Waals surface area contributed by atoms with E-state index in [1.54, 1.807) is 18.2 Å². The van der Waals surface area contributed by atoms with Crippen LogP contribution in [0, 0.1) is 25.7 Å². The summed E-state index contributed by atoms with van der Waals surface area (Å²) in [6, 6.07) is 6.22. The fourth-order valence-electron chi connectivity index (χ4n) is 3.44. The van der Waals surface area contributed by atoms with Crippen LogP contribution >= 0.6 is 11.3 Å². The third-order valence-electron chi connectivity index (χ3n) is 4.82. The molecule has 1 amide bonds. The van der Waals surface area contributed by atoms with Gasteiger partial charge in [0.2, 0.25) is 10.0 Å². The van der Waals surface area contributed by atoms with Gasteiger partial charge in [-0.15, -0.1) is 11.3 Å². The van der Waals surface area contributed by atoms with Gasteiger partial charge in [-0.05, 0) is 50.3 Å². The molecule has 1 saturated heterocycles. The van der Waals surface area contributed by atoms with E-state index in [1.807, 2.05) is 13.8 Å². The maximum absolute atomic E-state index is 13.0. The van der Waals surface area contributed by atoms with Crippen LogP contribution in [0.4, 0.5) is 5.13 Å². The van der Waals surface area contributed by atoms with Gasteiger partial charge in [-0.3, -0.25) is 10.1 Å². The highest BCUT2D eigenvalue weighted by Crippen LogP contribution is 2.27. The zero-order chi connectivity index (χ0) is 19.8. The van der Waals surface area contributed by atoms with Crippen LogP contribution in [0.25, 0.3) is 0 Å². The van der Waals surface area contributed by atoms with Gasteiger partial charge in [-0.2, -0.15) is 4.31 Å². The van der Waals surface area contributed by atoms with Crippen LogP contribution in [-0.4, -0.2) is 36.7 Å². The quantitative estimate of drug-likeness (QED) is 0.838. The number of nitrogens with zero attached hydrogens (tertiary/aromatic N) is 2. The molecule has 0 bridgehead atoms. The Bertz CT molecular complexity index is 923. The lowest BCUT2D eigenvalue weighted by molar-refractivity contribution is 0.102. The van der Waals surface area contributed by atoms with Crippen LogP contribution in [0.1, 0.15) is 41.2 Å². The summed E-state index contributed by atoms with van der Waals surface area (Å²) in [5.41, 5.74) is 1.18. The lowest BCUT2D eigenvalue weighted by Crippen LogP contribution is -2.42. The predicted molar refractivity (Wildman–Crippen MR) is 108 cm³/mol. The molecule has 1 aromatic carbocycles. The van der Waals surface area contributed by atoms with Gasteiger partial charge in [0, 0.05) is 23.5 Å². The molecule has 146 valence electrons. The highest BCUT2D eigenvalue weighted by atomic mass is 32.2. The van der Waals surface area contributed by atoms with Crippen LogP contribution in [0.2, 0.25) is 0 Å². The van der Waals surface area contributed by atoms with Crippen molar-refractivity contribution in [3.8, 4) is 0 Å². The monoisotopic (exact) mass is 407 g/mol. The first-order valence-electron chi connectivity index (χ1n) is 9.02. The summed E-state index contributed by atoms with van der Waals surface area (Å²) >= 11 is 1.40. The number of carbonyl (C=O) groups excluding carboxylic acids is 1. The summed E-state index contributed by atoms with van der Waals surface area (Å²) in [5, 5.41) is 3.27. The molecule has 2 heterocycles. The molecule has 8 heteroatoms. The Balaban J connectivity index is 1.83. The number of hydrogen-bond donors (Lipinski definition) is 1. The number of thiazole rings is 1. The smallest absolute Gasteiger partial charge is 0.257 e. The SMILES string of the molecule is Cc1nc(NC(=O)c2cccc(S(=O)(=O)N3CC(C)CC(C)C3)c2)sc1C. The first-order chi connectivity index (χ1) is 12.7. The van der Waals surface area contributed by atoms with E-state index in [4.69, 9.17) is 0 Å². The molecular formula is C19H25N3O3S2. The minimum absolute atomic E-state index is 0.156. The van der Waals surface area contributed by atoms with E-state index in [-0.39, 0.29) is 10.8 Å². The van der Waals surface area contributed by atoms with Gasteiger partial charge in [-0.1, -0.05) is 19.9 Å². The molecule has 0 spiro atoms. The van der Waals surface area contributed by atoms with E-state index < -0.39 is 10.0 Å². The van der Waals surface area contributed by atoms with Gasteiger partial charge in [0.05, 0.1) is 10.6 Å². The second-order valence-corrected chi connectivity index (χ2v) is 10.6. The van der Waals surface area contributed by atoms with Gasteiger partial charge in [0.1, 0.15) is 0 Å². The second-order valence-electron chi connectivity index (χ2n) is 7.41. The summed E-state index contributed by atoms with van der Waals surface area (Å²) in [4.78, 5) is 18.0. The van der Waals surface area contributed by atoms with Gasteiger partial charge in [-0.25, -0.2) is 13.4 Å². The lowest BCUT2D eigenvalue weighted by atomic mass is 9.94. The number of carbonyl (C=O) groups is 1. The number of aryl methyl sites for hydroxylation is 2. The molecule has 6 nitrogen and oxygen atoms in total. The number of rotatable bonds is 4. The number of hydrogen-bond acceptors (Lipinski definition) is 5. The average molecular weight is 408 g/mol. The first-order valence-corrected chi connectivity index (χ1v) is 11.3. The summed E-state index contributed by atoms with van der Waals surface area (Å²) in [6.07, 6.45) is 1.03. The van der Waals surface area contributed by atoms with Crippen molar-refractivity contribution < 1.29 is 13.2 Å². The minimum atomic E-state index is -3.62. The van der Waals surface area contributed by atoms with Gasteiger partial charge < -0.3 is 0 Å². The van der Waals surface area contributed by atoms with Crippen molar-refractivity contribution in [3.05, 3.63) is 40.4 Å². The zero-order valence-electron chi connectivity index (χ0n) is 16.0. The molecule has 1 aliphatic rings. The molecular weight excluding hydrogens is 382 g/mol. The normalized spacial score (nSPS) is 21.2. The second kappa shape index (κ2) is 7.69. The van der Waals surface area contributed by atoms with E-state index in [2.05, 4.69) is 24.1 Å². The van der Waals surface area contributed by atoms with E-state index >= 15 is 0 Å². The number of amides is 1. The number of benzene rings is 1. The fourth-order valence-corrected chi connectivity index (χ4v) is 5.98. The summed E-state index contributed by atoms with van der Waals surface area (Å²) in [6.45, 7) is 8.99. The molecule has 27 heavy (non-hydrogen) atoms. The zero-order valence-corrected chi connectivity index (χ0v) is 17.7. The van der Waals surface area contributed by atoms with Crippen LogP contribution in [0.5, 0.6) is 0 Å².